The van der Waals surface area contributed by atoms with E-state index in [2.05, 4.69) is 15.6 Å². The number of β-amino-alcohol motifs (C(OH)–C–C–N with tert-alkyl or cyclic N) is 1. The minimum absolute atomic E-state index is 0.0883. The zero-order valence-electron chi connectivity index (χ0n) is 22.0. The molecule has 38 heavy (non-hydrogen) atoms. The lowest BCUT2D eigenvalue weighted by molar-refractivity contribution is -0.144. The van der Waals surface area contributed by atoms with Gasteiger partial charge in [0.05, 0.1) is 11.8 Å². The zero-order chi connectivity index (χ0) is 27.0. The molecule has 1 saturated carbocycles. The molecule has 8 nitrogen and oxygen atoms in total. The average molecular weight is 520 g/mol. The number of hydrogen-bond acceptors (Lipinski definition) is 5. The SMILES string of the molecule is CC(C)(C)C(C(=O)N1CC(O)CC1C(=O)NCc1ccc(-c2ccccc2F)cc1)n1cc(C2CC2)nn1. The van der Waals surface area contributed by atoms with Crippen LogP contribution in [0.4, 0.5) is 4.39 Å². The number of hydrogen-bond donors (Lipinski definition) is 2. The first kappa shape index (κ1) is 26.0. The highest BCUT2D eigenvalue weighted by atomic mass is 19.1. The average Bonchev–Trinajstić information content (AvgIpc) is 3.49. The largest absolute Gasteiger partial charge is 0.391 e. The summed E-state index contributed by atoms with van der Waals surface area (Å²) in [6.07, 6.45) is 3.40. The molecular weight excluding hydrogens is 485 g/mol. The van der Waals surface area contributed by atoms with Gasteiger partial charge in [0.15, 0.2) is 0 Å². The van der Waals surface area contributed by atoms with Gasteiger partial charge in [-0.1, -0.05) is 68.4 Å². The minimum Gasteiger partial charge on any atom is -0.391 e. The first-order chi connectivity index (χ1) is 18.1. The van der Waals surface area contributed by atoms with Gasteiger partial charge in [-0.15, -0.1) is 5.10 Å². The van der Waals surface area contributed by atoms with Crippen molar-refractivity contribution in [1.29, 1.82) is 0 Å². The van der Waals surface area contributed by atoms with Gasteiger partial charge in [-0.2, -0.15) is 0 Å². The Hall–Kier alpha value is -3.59. The standard InChI is InChI=1S/C29H34FN5O3/c1-29(2,3)26(35-17-24(32-33-35)20-12-13-20)28(38)34-16-21(36)14-25(34)27(37)31-15-18-8-10-19(11-9-18)22-6-4-5-7-23(22)30/h4-11,17,20-21,25-26,36H,12-16H2,1-3H3,(H,31,37). The van der Waals surface area contributed by atoms with Crippen molar-refractivity contribution in [3.63, 3.8) is 0 Å². The number of carbonyl (C=O) groups is 2. The molecule has 3 atom stereocenters. The van der Waals surface area contributed by atoms with Gasteiger partial charge in [-0.05, 0) is 35.4 Å². The molecule has 5 rings (SSSR count). The van der Waals surface area contributed by atoms with Crippen LogP contribution in [-0.4, -0.2) is 55.5 Å². The summed E-state index contributed by atoms with van der Waals surface area (Å²) >= 11 is 0. The van der Waals surface area contributed by atoms with E-state index in [1.807, 2.05) is 51.2 Å². The van der Waals surface area contributed by atoms with Crippen molar-refractivity contribution < 1.29 is 19.1 Å². The fourth-order valence-electron chi connectivity index (χ4n) is 5.13. The van der Waals surface area contributed by atoms with Crippen LogP contribution in [0.2, 0.25) is 0 Å². The molecule has 9 heteroatoms. The van der Waals surface area contributed by atoms with Gasteiger partial charge < -0.3 is 15.3 Å². The van der Waals surface area contributed by atoms with Crippen LogP contribution in [0.25, 0.3) is 11.1 Å². The predicted octanol–water partition coefficient (Wildman–Crippen LogP) is 3.83. The topological polar surface area (TPSA) is 100 Å². The summed E-state index contributed by atoms with van der Waals surface area (Å²) in [6.45, 7) is 6.22. The molecule has 2 amide bonds. The van der Waals surface area contributed by atoms with E-state index in [1.54, 1.807) is 22.9 Å². The van der Waals surface area contributed by atoms with E-state index in [9.17, 15) is 19.1 Å². The normalized spacial score (nSPS) is 20.4. The second-order valence-corrected chi connectivity index (χ2v) is 11.5. The summed E-state index contributed by atoms with van der Waals surface area (Å²) in [6, 6.07) is 12.4. The molecule has 1 aliphatic carbocycles. The van der Waals surface area contributed by atoms with Crippen LogP contribution in [0.15, 0.2) is 54.7 Å². The Bertz CT molecular complexity index is 1310. The monoisotopic (exact) mass is 519 g/mol. The van der Waals surface area contributed by atoms with E-state index < -0.39 is 23.6 Å². The highest BCUT2D eigenvalue weighted by molar-refractivity contribution is 5.90. The Morgan fingerprint density at radius 2 is 1.84 bits per heavy atom. The van der Waals surface area contributed by atoms with Gasteiger partial charge >= 0.3 is 0 Å². The Kier molecular flexibility index (Phi) is 7.05. The zero-order valence-corrected chi connectivity index (χ0v) is 22.0. The van der Waals surface area contributed by atoms with E-state index in [-0.39, 0.29) is 37.1 Å². The van der Waals surface area contributed by atoms with E-state index in [0.29, 0.717) is 11.5 Å². The quantitative estimate of drug-likeness (QED) is 0.494. The molecule has 1 saturated heterocycles. The summed E-state index contributed by atoms with van der Waals surface area (Å²) < 4.78 is 15.7. The number of aliphatic hydroxyl groups is 1. The maximum absolute atomic E-state index is 14.1. The van der Waals surface area contributed by atoms with Gasteiger partial charge in [0, 0.05) is 37.2 Å². The van der Waals surface area contributed by atoms with Crippen LogP contribution in [0.5, 0.6) is 0 Å². The molecule has 2 fully saturated rings. The number of nitrogens with zero attached hydrogens (tertiary/aromatic N) is 4. The van der Waals surface area contributed by atoms with Crippen LogP contribution in [0.3, 0.4) is 0 Å². The first-order valence-electron chi connectivity index (χ1n) is 13.1. The van der Waals surface area contributed by atoms with Crippen LogP contribution in [0.1, 0.15) is 63.3 Å². The van der Waals surface area contributed by atoms with Crippen LogP contribution in [0, 0.1) is 11.2 Å². The summed E-state index contributed by atoms with van der Waals surface area (Å²) in [4.78, 5) is 28.5. The third kappa shape index (κ3) is 5.48. The number of nitrogens with one attached hydrogen (secondary N) is 1. The minimum atomic E-state index is -0.786. The molecule has 2 heterocycles. The van der Waals surface area contributed by atoms with Crippen molar-refractivity contribution >= 4 is 11.8 Å². The fourth-order valence-corrected chi connectivity index (χ4v) is 5.13. The lowest BCUT2D eigenvalue weighted by Gasteiger charge is -2.34. The molecule has 0 spiro atoms. The second kappa shape index (κ2) is 10.3. The molecule has 2 aliphatic rings. The Morgan fingerprint density at radius 3 is 2.50 bits per heavy atom. The predicted molar refractivity (Wildman–Crippen MR) is 140 cm³/mol. The van der Waals surface area contributed by atoms with Crippen molar-refractivity contribution in [2.45, 2.75) is 70.7 Å². The number of aromatic nitrogens is 3. The van der Waals surface area contributed by atoms with Crippen LogP contribution in [-0.2, 0) is 16.1 Å². The maximum atomic E-state index is 14.1. The lowest BCUT2D eigenvalue weighted by Crippen LogP contribution is -2.50. The Labute approximate surface area is 221 Å². The van der Waals surface area contributed by atoms with E-state index in [4.69, 9.17) is 0 Å². The van der Waals surface area contributed by atoms with Gasteiger partial charge in [0.25, 0.3) is 0 Å². The van der Waals surface area contributed by atoms with E-state index in [1.165, 1.54) is 11.0 Å². The van der Waals surface area contributed by atoms with Gasteiger partial charge in [-0.25, -0.2) is 9.07 Å². The fraction of sp³-hybridized carbons (Fsp3) is 0.448. The highest BCUT2D eigenvalue weighted by Gasteiger charge is 2.45. The third-order valence-corrected chi connectivity index (χ3v) is 7.31. The van der Waals surface area contributed by atoms with Crippen molar-refractivity contribution in [2.75, 3.05) is 6.54 Å². The molecule has 2 N–H and O–H groups in total. The number of amides is 2. The number of carbonyl (C=O) groups excluding carboxylic acids is 2. The summed E-state index contributed by atoms with van der Waals surface area (Å²) in [5.41, 5.74) is 2.52. The Morgan fingerprint density at radius 1 is 1.13 bits per heavy atom. The summed E-state index contributed by atoms with van der Waals surface area (Å²) in [7, 11) is 0. The van der Waals surface area contributed by atoms with Crippen molar-refractivity contribution in [1.82, 2.24) is 25.2 Å². The summed E-state index contributed by atoms with van der Waals surface area (Å²) in [5, 5.41) is 21.9. The van der Waals surface area contributed by atoms with Crippen LogP contribution >= 0.6 is 0 Å². The van der Waals surface area contributed by atoms with Crippen LogP contribution < -0.4 is 5.32 Å². The second-order valence-electron chi connectivity index (χ2n) is 11.5. The lowest BCUT2D eigenvalue weighted by atomic mass is 9.85. The van der Waals surface area contributed by atoms with Gasteiger partial charge in [0.2, 0.25) is 11.8 Å². The summed E-state index contributed by atoms with van der Waals surface area (Å²) in [5.74, 6) is -0.456. The number of benzene rings is 2. The molecule has 0 radical (unpaired) electrons. The molecule has 3 aromatic rings. The highest BCUT2D eigenvalue weighted by Crippen LogP contribution is 2.40. The van der Waals surface area contributed by atoms with Gasteiger partial charge in [0.1, 0.15) is 17.9 Å². The number of likely N-dealkylation sites (tertiary alicyclic amines) is 1. The third-order valence-electron chi connectivity index (χ3n) is 7.31. The number of halogens is 1. The Balaban J connectivity index is 1.27. The molecular formula is C29H34FN5O3. The molecule has 1 aromatic heterocycles. The van der Waals surface area contributed by atoms with E-state index in [0.717, 1.165) is 29.7 Å². The van der Waals surface area contributed by atoms with E-state index >= 15 is 0 Å². The van der Waals surface area contributed by atoms with Crippen molar-refractivity contribution in [2.24, 2.45) is 5.41 Å². The molecule has 1 aliphatic heterocycles. The molecule has 0 bridgehead atoms. The number of aliphatic hydroxyl groups excluding tert-OH is 1. The maximum Gasteiger partial charge on any atom is 0.248 e. The molecule has 3 unspecified atom stereocenters. The smallest absolute Gasteiger partial charge is 0.248 e. The molecule has 2 aromatic carbocycles. The number of rotatable bonds is 7. The molecule has 200 valence electrons. The first-order valence-corrected chi connectivity index (χ1v) is 13.1. The van der Waals surface area contributed by atoms with Crippen molar-refractivity contribution in [3.05, 3.63) is 71.8 Å². The van der Waals surface area contributed by atoms with Gasteiger partial charge in [-0.3, -0.25) is 9.59 Å². The van der Waals surface area contributed by atoms with Crippen molar-refractivity contribution in [3.8, 4) is 11.1 Å².